The minimum absolute atomic E-state index is 0.152. The number of likely N-dealkylation sites (tertiary alicyclic amines) is 1. The number of carbonyl (C=O) groups is 1. The molecule has 2 aliphatic heterocycles. The van der Waals surface area contributed by atoms with Gasteiger partial charge in [-0.3, -0.25) is 4.79 Å². The lowest BCUT2D eigenvalue weighted by Crippen LogP contribution is -2.38. The average molecular weight is 453 g/mol. The predicted molar refractivity (Wildman–Crippen MR) is 129 cm³/mol. The Morgan fingerprint density at radius 3 is 2.55 bits per heavy atom. The Hall–Kier alpha value is -2.12. The zero-order chi connectivity index (χ0) is 21.2. The number of anilines is 1. The highest BCUT2D eigenvalue weighted by atomic mass is 32.2. The Morgan fingerprint density at radius 2 is 1.84 bits per heavy atom. The second-order valence-corrected chi connectivity index (χ2v) is 10.3. The SMILES string of the molecule is CSc1nc(N2CCCC2)c2cc(C(=O)N3CCC(Cc4ccccc4)CC3)sc2n1. The largest absolute Gasteiger partial charge is 0.356 e. The molecule has 5 nitrogen and oxygen atoms in total. The van der Waals surface area contributed by atoms with Gasteiger partial charge in [-0.25, -0.2) is 9.97 Å². The molecule has 0 radical (unpaired) electrons. The summed E-state index contributed by atoms with van der Waals surface area (Å²) in [6.07, 6.45) is 7.66. The van der Waals surface area contributed by atoms with Gasteiger partial charge in [-0.1, -0.05) is 42.1 Å². The average Bonchev–Trinajstić information content (AvgIpc) is 3.49. The highest BCUT2D eigenvalue weighted by molar-refractivity contribution is 7.98. The summed E-state index contributed by atoms with van der Waals surface area (Å²) in [7, 11) is 0. The molecule has 2 aromatic heterocycles. The molecule has 0 unspecified atom stereocenters. The molecule has 3 aromatic rings. The first-order valence-electron chi connectivity index (χ1n) is 11.1. The van der Waals surface area contributed by atoms with Crippen molar-refractivity contribution in [1.29, 1.82) is 0 Å². The Kier molecular flexibility index (Phi) is 6.14. The number of fused-ring (bicyclic) bond motifs is 1. The maximum absolute atomic E-state index is 13.3. The number of thiophene rings is 1. The van der Waals surface area contributed by atoms with E-state index in [-0.39, 0.29) is 5.91 Å². The molecule has 31 heavy (non-hydrogen) atoms. The topological polar surface area (TPSA) is 49.3 Å². The summed E-state index contributed by atoms with van der Waals surface area (Å²) in [5, 5.41) is 1.82. The second kappa shape index (κ2) is 9.17. The third-order valence-corrected chi connectivity index (χ3v) is 7.98. The standard InChI is InChI=1S/C24H28N4OS2/c1-30-24-25-21(27-11-5-6-12-27)19-16-20(31-22(19)26-24)23(29)28-13-9-18(10-14-28)15-17-7-3-2-4-8-17/h2-4,7-8,16,18H,5-6,9-15H2,1H3. The van der Waals surface area contributed by atoms with Gasteiger partial charge in [-0.2, -0.15) is 0 Å². The summed E-state index contributed by atoms with van der Waals surface area (Å²) in [4.78, 5) is 28.9. The Bertz CT molecular complexity index is 1050. The molecule has 4 heterocycles. The fraction of sp³-hybridized carbons (Fsp3) is 0.458. The van der Waals surface area contributed by atoms with Crippen molar-refractivity contribution in [2.45, 2.75) is 37.3 Å². The number of amides is 1. The van der Waals surface area contributed by atoms with Gasteiger partial charge < -0.3 is 9.80 Å². The van der Waals surface area contributed by atoms with Crippen LogP contribution < -0.4 is 4.90 Å². The molecule has 0 bridgehead atoms. The highest BCUT2D eigenvalue weighted by Crippen LogP contribution is 2.35. The fourth-order valence-corrected chi connectivity index (χ4v) is 6.11. The first-order valence-corrected chi connectivity index (χ1v) is 13.2. The van der Waals surface area contributed by atoms with Gasteiger partial charge in [0.15, 0.2) is 5.16 Å². The number of hydrogen-bond acceptors (Lipinski definition) is 6. The third kappa shape index (κ3) is 4.44. The van der Waals surface area contributed by atoms with Gasteiger partial charge in [0, 0.05) is 26.2 Å². The quantitative estimate of drug-likeness (QED) is 0.398. The Balaban J connectivity index is 1.31. The lowest BCUT2D eigenvalue weighted by molar-refractivity contribution is 0.0695. The lowest BCUT2D eigenvalue weighted by Gasteiger charge is -2.31. The van der Waals surface area contributed by atoms with Crippen molar-refractivity contribution in [2.75, 3.05) is 37.3 Å². The van der Waals surface area contributed by atoms with E-state index in [0.717, 1.165) is 71.5 Å². The summed E-state index contributed by atoms with van der Waals surface area (Å²) in [6.45, 7) is 3.75. The van der Waals surface area contributed by atoms with E-state index in [0.29, 0.717) is 5.92 Å². The van der Waals surface area contributed by atoms with Gasteiger partial charge in [0.2, 0.25) is 0 Å². The van der Waals surface area contributed by atoms with Crippen LogP contribution in [0.5, 0.6) is 0 Å². The smallest absolute Gasteiger partial charge is 0.264 e. The molecule has 162 valence electrons. The van der Waals surface area contributed by atoms with Gasteiger partial charge in [0.1, 0.15) is 10.6 Å². The van der Waals surface area contributed by atoms with Crippen LogP contribution in [0.15, 0.2) is 41.6 Å². The van der Waals surface area contributed by atoms with Crippen LogP contribution in [0.4, 0.5) is 5.82 Å². The number of hydrogen-bond donors (Lipinski definition) is 0. The molecule has 0 atom stereocenters. The minimum atomic E-state index is 0.152. The molecule has 1 aromatic carbocycles. The van der Waals surface area contributed by atoms with Gasteiger partial charge >= 0.3 is 0 Å². The molecule has 2 fully saturated rings. The van der Waals surface area contributed by atoms with E-state index >= 15 is 0 Å². The first kappa shape index (κ1) is 20.8. The van der Waals surface area contributed by atoms with E-state index in [1.807, 2.05) is 17.2 Å². The molecule has 0 saturated carbocycles. The van der Waals surface area contributed by atoms with Gasteiger partial charge in [0.05, 0.1) is 10.3 Å². The zero-order valence-electron chi connectivity index (χ0n) is 17.9. The van der Waals surface area contributed by atoms with Crippen molar-refractivity contribution < 1.29 is 4.79 Å². The lowest BCUT2D eigenvalue weighted by atomic mass is 9.90. The molecule has 7 heteroatoms. The third-order valence-electron chi connectivity index (χ3n) is 6.42. The zero-order valence-corrected chi connectivity index (χ0v) is 19.6. The van der Waals surface area contributed by atoms with Gasteiger partial charge in [-0.05, 0) is 55.9 Å². The van der Waals surface area contributed by atoms with E-state index in [9.17, 15) is 4.79 Å². The summed E-state index contributed by atoms with van der Waals surface area (Å²) in [5.74, 6) is 1.81. The molecule has 2 saturated heterocycles. The Labute approximate surface area is 191 Å². The van der Waals surface area contributed by atoms with Crippen LogP contribution in [-0.4, -0.2) is 53.2 Å². The number of carbonyl (C=O) groups excluding carboxylic acids is 1. The van der Waals surface area contributed by atoms with Crippen LogP contribution in [0.2, 0.25) is 0 Å². The monoisotopic (exact) mass is 452 g/mol. The fourth-order valence-electron chi connectivity index (χ4n) is 4.70. The van der Waals surface area contributed by atoms with E-state index in [2.05, 4.69) is 35.2 Å². The number of thioether (sulfide) groups is 1. The predicted octanol–water partition coefficient (Wildman–Crippen LogP) is 5.11. The molecule has 2 aliphatic rings. The summed E-state index contributed by atoms with van der Waals surface area (Å²) < 4.78 is 0. The molecule has 1 amide bonds. The molecule has 0 aliphatic carbocycles. The minimum Gasteiger partial charge on any atom is -0.356 e. The second-order valence-electron chi connectivity index (χ2n) is 8.48. The van der Waals surface area contributed by atoms with Crippen molar-refractivity contribution in [3.05, 3.63) is 46.8 Å². The molecule has 5 rings (SSSR count). The van der Waals surface area contributed by atoms with Crippen molar-refractivity contribution >= 4 is 45.0 Å². The number of rotatable bonds is 5. The van der Waals surface area contributed by atoms with E-state index in [1.165, 1.54) is 29.7 Å². The number of nitrogens with zero attached hydrogens (tertiary/aromatic N) is 4. The van der Waals surface area contributed by atoms with Crippen LogP contribution in [0, 0.1) is 5.92 Å². The van der Waals surface area contributed by atoms with Crippen LogP contribution >= 0.6 is 23.1 Å². The van der Waals surface area contributed by atoms with Crippen LogP contribution in [0.3, 0.4) is 0 Å². The van der Waals surface area contributed by atoms with Crippen LogP contribution in [-0.2, 0) is 6.42 Å². The van der Waals surface area contributed by atoms with E-state index in [1.54, 1.807) is 11.8 Å². The van der Waals surface area contributed by atoms with E-state index < -0.39 is 0 Å². The van der Waals surface area contributed by atoms with Crippen molar-refractivity contribution in [2.24, 2.45) is 5.92 Å². The van der Waals surface area contributed by atoms with Crippen LogP contribution in [0.25, 0.3) is 10.2 Å². The normalized spacial score (nSPS) is 17.6. The summed E-state index contributed by atoms with van der Waals surface area (Å²) in [6, 6.07) is 12.7. The van der Waals surface area contributed by atoms with Gasteiger partial charge in [-0.15, -0.1) is 11.3 Å². The van der Waals surface area contributed by atoms with Crippen molar-refractivity contribution in [3.63, 3.8) is 0 Å². The maximum Gasteiger partial charge on any atom is 0.264 e. The van der Waals surface area contributed by atoms with Crippen LogP contribution in [0.1, 0.15) is 40.9 Å². The summed E-state index contributed by atoms with van der Waals surface area (Å²) >= 11 is 3.09. The summed E-state index contributed by atoms with van der Waals surface area (Å²) in [5.41, 5.74) is 1.40. The number of aromatic nitrogens is 2. The molecule has 0 N–H and O–H groups in total. The van der Waals surface area contributed by atoms with Gasteiger partial charge in [0.25, 0.3) is 5.91 Å². The maximum atomic E-state index is 13.3. The number of benzene rings is 1. The molecular formula is C24H28N4OS2. The Morgan fingerprint density at radius 1 is 1.10 bits per heavy atom. The van der Waals surface area contributed by atoms with Crippen molar-refractivity contribution in [1.82, 2.24) is 14.9 Å². The highest BCUT2D eigenvalue weighted by Gasteiger charge is 2.27. The van der Waals surface area contributed by atoms with E-state index in [4.69, 9.17) is 9.97 Å². The van der Waals surface area contributed by atoms with Crippen molar-refractivity contribution in [3.8, 4) is 0 Å². The first-order chi connectivity index (χ1) is 15.2. The molecular weight excluding hydrogens is 424 g/mol. The molecule has 0 spiro atoms. The number of piperidine rings is 1.